The number of aryl methyl sites for hydroxylation is 2. The zero-order chi connectivity index (χ0) is 15.2. The van der Waals surface area contributed by atoms with Crippen molar-refractivity contribution in [1.29, 1.82) is 0 Å². The number of hydrogen-bond acceptors (Lipinski definition) is 5. The minimum absolute atomic E-state index is 0.549. The van der Waals surface area contributed by atoms with Gasteiger partial charge in [0.1, 0.15) is 17.5 Å². The van der Waals surface area contributed by atoms with Gasteiger partial charge in [-0.25, -0.2) is 9.97 Å². The van der Waals surface area contributed by atoms with Crippen LogP contribution in [0.25, 0.3) is 0 Å². The fourth-order valence-electron chi connectivity index (χ4n) is 2.21. The summed E-state index contributed by atoms with van der Waals surface area (Å²) < 4.78 is 0. The van der Waals surface area contributed by atoms with E-state index in [4.69, 9.17) is 5.73 Å². The molecule has 0 unspecified atom stereocenters. The first-order valence-corrected chi connectivity index (χ1v) is 7.45. The Kier molecular flexibility index (Phi) is 5.09. The second-order valence-corrected chi connectivity index (χ2v) is 5.07. The van der Waals surface area contributed by atoms with Gasteiger partial charge in [0.25, 0.3) is 0 Å². The zero-order valence-electron chi connectivity index (χ0n) is 13.0. The molecule has 0 aliphatic heterocycles. The van der Waals surface area contributed by atoms with Crippen molar-refractivity contribution in [2.24, 2.45) is 0 Å². The van der Waals surface area contributed by atoms with Crippen LogP contribution in [-0.4, -0.2) is 15.0 Å². The number of pyridine rings is 1. The lowest BCUT2D eigenvalue weighted by Gasteiger charge is -2.13. The fourth-order valence-corrected chi connectivity index (χ4v) is 2.21. The van der Waals surface area contributed by atoms with Crippen molar-refractivity contribution in [3.63, 3.8) is 0 Å². The number of anilines is 2. The molecule has 21 heavy (non-hydrogen) atoms. The first-order valence-electron chi connectivity index (χ1n) is 7.45. The van der Waals surface area contributed by atoms with Crippen LogP contribution in [0.3, 0.4) is 0 Å². The molecule has 0 spiro atoms. The van der Waals surface area contributed by atoms with Crippen LogP contribution >= 0.6 is 0 Å². The minimum atomic E-state index is 0.549. The van der Waals surface area contributed by atoms with Crippen molar-refractivity contribution in [3.8, 4) is 0 Å². The van der Waals surface area contributed by atoms with Crippen molar-refractivity contribution in [3.05, 3.63) is 41.0 Å². The third kappa shape index (κ3) is 3.68. The predicted octanol–water partition coefficient (Wildman–Crippen LogP) is 2.89. The molecule has 2 aromatic heterocycles. The predicted molar refractivity (Wildman–Crippen MR) is 86.1 cm³/mol. The summed E-state index contributed by atoms with van der Waals surface area (Å²) >= 11 is 0. The van der Waals surface area contributed by atoms with E-state index in [1.165, 1.54) is 5.56 Å². The maximum absolute atomic E-state index is 5.97. The van der Waals surface area contributed by atoms with E-state index in [9.17, 15) is 0 Å². The molecule has 0 bridgehead atoms. The Hall–Kier alpha value is -2.17. The topological polar surface area (TPSA) is 76.7 Å². The van der Waals surface area contributed by atoms with Crippen LogP contribution in [0, 0.1) is 6.92 Å². The first-order chi connectivity index (χ1) is 10.2. The maximum Gasteiger partial charge on any atom is 0.135 e. The zero-order valence-corrected chi connectivity index (χ0v) is 13.0. The lowest BCUT2D eigenvalue weighted by atomic mass is 10.1. The summed E-state index contributed by atoms with van der Waals surface area (Å²) in [4.78, 5) is 13.3. The average molecular weight is 285 g/mol. The molecule has 0 saturated heterocycles. The van der Waals surface area contributed by atoms with E-state index < -0.39 is 0 Å². The van der Waals surface area contributed by atoms with E-state index >= 15 is 0 Å². The van der Waals surface area contributed by atoms with Gasteiger partial charge < -0.3 is 11.1 Å². The van der Waals surface area contributed by atoms with Gasteiger partial charge >= 0.3 is 0 Å². The highest BCUT2D eigenvalue weighted by molar-refractivity contribution is 5.55. The average Bonchev–Trinajstić information content (AvgIpc) is 2.50. The molecule has 0 atom stereocenters. The summed E-state index contributed by atoms with van der Waals surface area (Å²) in [6.07, 6.45) is 4.63. The first kappa shape index (κ1) is 15.2. The molecule has 3 N–H and O–H groups in total. The standard InChI is InChI=1S/C16H23N5/c1-4-7-14-20-15(17)11(3)16(21-14)19-10-13-12(5-2)8-6-9-18-13/h6,8-9H,4-5,7,10H2,1-3H3,(H3,17,19,20,21). The van der Waals surface area contributed by atoms with E-state index in [-0.39, 0.29) is 0 Å². The maximum atomic E-state index is 5.97. The molecule has 0 amide bonds. The SMILES string of the molecule is CCCc1nc(N)c(C)c(NCc2ncccc2CC)n1. The van der Waals surface area contributed by atoms with Crippen molar-refractivity contribution in [2.45, 2.75) is 46.6 Å². The lowest BCUT2D eigenvalue weighted by molar-refractivity contribution is 0.831. The lowest BCUT2D eigenvalue weighted by Crippen LogP contribution is -2.11. The summed E-state index contributed by atoms with van der Waals surface area (Å²) in [6, 6.07) is 4.07. The molecule has 5 heteroatoms. The summed E-state index contributed by atoms with van der Waals surface area (Å²) in [7, 11) is 0. The van der Waals surface area contributed by atoms with E-state index in [2.05, 4.69) is 40.2 Å². The van der Waals surface area contributed by atoms with Crippen molar-refractivity contribution < 1.29 is 0 Å². The third-order valence-electron chi connectivity index (χ3n) is 3.49. The number of nitrogen functional groups attached to an aromatic ring is 1. The number of hydrogen-bond donors (Lipinski definition) is 2. The Morgan fingerprint density at radius 3 is 2.76 bits per heavy atom. The Balaban J connectivity index is 2.19. The van der Waals surface area contributed by atoms with Crippen LogP contribution < -0.4 is 11.1 Å². The monoisotopic (exact) mass is 285 g/mol. The molecule has 0 aromatic carbocycles. The van der Waals surface area contributed by atoms with Gasteiger partial charge in [0.2, 0.25) is 0 Å². The molecule has 2 aromatic rings. The van der Waals surface area contributed by atoms with Crippen LogP contribution in [0.15, 0.2) is 18.3 Å². The molecule has 5 nitrogen and oxygen atoms in total. The normalized spacial score (nSPS) is 10.6. The Labute approximate surface area is 126 Å². The van der Waals surface area contributed by atoms with Gasteiger partial charge in [-0.3, -0.25) is 4.98 Å². The molecular weight excluding hydrogens is 262 g/mol. The highest BCUT2D eigenvalue weighted by atomic mass is 15.1. The van der Waals surface area contributed by atoms with Gasteiger partial charge in [-0.2, -0.15) is 0 Å². The highest BCUT2D eigenvalue weighted by Crippen LogP contribution is 2.19. The van der Waals surface area contributed by atoms with E-state index in [0.29, 0.717) is 12.4 Å². The molecule has 0 aliphatic rings. The molecular formula is C16H23N5. The molecule has 0 radical (unpaired) electrons. The van der Waals surface area contributed by atoms with Gasteiger partial charge in [0.05, 0.1) is 12.2 Å². The summed E-state index contributed by atoms with van der Waals surface area (Å²) in [5.41, 5.74) is 9.16. The van der Waals surface area contributed by atoms with Crippen molar-refractivity contribution >= 4 is 11.6 Å². The van der Waals surface area contributed by atoms with Crippen LogP contribution in [0.2, 0.25) is 0 Å². The van der Waals surface area contributed by atoms with Crippen LogP contribution in [0.5, 0.6) is 0 Å². The van der Waals surface area contributed by atoms with Crippen molar-refractivity contribution in [2.75, 3.05) is 11.1 Å². The molecule has 0 aliphatic carbocycles. The Morgan fingerprint density at radius 2 is 2.05 bits per heavy atom. The van der Waals surface area contributed by atoms with Crippen LogP contribution in [-0.2, 0) is 19.4 Å². The number of nitrogens with one attached hydrogen (secondary N) is 1. The van der Waals surface area contributed by atoms with Crippen LogP contribution in [0.4, 0.5) is 11.6 Å². The van der Waals surface area contributed by atoms with E-state index in [0.717, 1.165) is 42.2 Å². The molecule has 2 heterocycles. The smallest absolute Gasteiger partial charge is 0.135 e. The van der Waals surface area contributed by atoms with Crippen molar-refractivity contribution in [1.82, 2.24) is 15.0 Å². The third-order valence-corrected chi connectivity index (χ3v) is 3.49. The molecule has 112 valence electrons. The van der Waals surface area contributed by atoms with E-state index in [1.54, 1.807) is 0 Å². The van der Waals surface area contributed by atoms with Gasteiger partial charge in [0.15, 0.2) is 0 Å². The number of nitrogens with zero attached hydrogens (tertiary/aromatic N) is 3. The van der Waals surface area contributed by atoms with Gasteiger partial charge in [-0.1, -0.05) is 19.9 Å². The van der Waals surface area contributed by atoms with Gasteiger partial charge in [-0.15, -0.1) is 0 Å². The second kappa shape index (κ2) is 7.02. The highest BCUT2D eigenvalue weighted by Gasteiger charge is 2.09. The molecule has 0 saturated carbocycles. The Bertz CT molecular complexity index is 610. The fraction of sp³-hybridized carbons (Fsp3) is 0.438. The van der Waals surface area contributed by atoms with E-state index in [1.807, 2.05) is 19.2 Å². The quantitative estimate of drug-likeness (QED) is 0.853. The summed E-state index contributed by atoms with van der Waals surface area (Å²) in [5, 5.41) is 3.35. The van der Waals surface area contributed by atoms with Crippen LogP contribution in [0.1, 0.15) is 42.9 Å². The van der Waals surface area contributed by atoms with Gasteiger partial charge in [0, 0.05) is 18.2 Å². The number of nitrogens with two attached hydrogens (primary N) is 1. The summed E-state index contributed by atoms with van der Waals surface area (Å²) in [6.45, 7) is 6.82. The molecule has 0 fully saturated rings. The number of rotatable bonds is 6. The molecule has 2 rings (SSSR count). The Morgan fingerprint density at radius 1 is 1.24 bits per heavy atom. The largest absolute Gasteiger partial charge is 0.383 e. The van der Waals surface area contributed by atoms with Gasteiger partial charge in [-0.05, 0) is 31.4 Å². The second-order valence-electron chi connectivity index (χ2n) is 5.07. The summed E-state index contributed by atoms with van der Waals surface area (Å²) in [5.74, 6) is 2.14. The minimum Gasteiger partial charge on any atom is -0.383 e. The number of aromatic nitrogens is 3.